The van der Waals surface area contributed by atoms with Crippen molar-refractivity contribution in [3.63, 3.8) is 0 Å². The molecule has 0 atom stereocenters. The summed E-state index contributed by atoms with van der Waals surface area (Å²) in [7, 11) is 1.74. The van der Waals surface area contributed by atoms with Gasteiger partial charge >= 0.3 is 0 Å². The number of aliphatic imine (C=N–C) groups is 1. The van der Waals surface area contributed by atoms with Crippen LogP contribution in [0.1, 0.15) is 32.2 Å². The summed E-state index contributed by atoms with van der Waals surface area (Å²) in [5, 5.41) is 6.21. The Hall–Kier alpha value is -4.01. The number of benzene rings is 1. The number of nitrogens with one attached hydrogen (secondary N) is 2. The van der Waals surface area contributed by atoms with Gasteiger partial charge in [0.05, 0.1) is 19.1 Å². The first-order valence-electron chi connectivity index (χ1n) is 10.8. The molecule has 1 fully saturated rings. The minimum atomic E-state index is -0.157. The zero-order valence-electron chi connectivity index (χ0n) is 18.5. The van der Waals surface area contributed by atoms with E-state index in [1.54, 1.807) is 42.5 Å². The van der Waals surface area contributed by atoms with E-state index in [1.165, 1.54) is 6.26 Å². The van der Waals surface area contributed by atoms with E-state index in [0.29, 0.717) is 56.4 Å². The summed E-state index contributed by atoms with van der Waals surface area (Å²) < 4.78 is 10.5. The molecule has 9 nitrogen and oxygen atoms in total. The highest BCUT2D eigenvalue weighted by Gasteiger charge is 2.25. The predicted molar refractivity (Wildman–Crippen MR) is 123 cm³/mol. The van der Waals surface area contributed by atoms with Crippen molar-refractivity contribution in [1.29, 1.82) is 0 Å². The van der Waals surface area contributed by atoms with E-state index in [9.17, 15) is 9.59 Å². The Morgan fingerprint density at radius 3 is 2.36 bits per heavy atom. The molecule has 4 rings (SSSR count). The summed E-state index contributed by atoms with van der Waals surface area (Å²) in [6.07, 6.45) is 3.09. The second-order valence-electron chi connectivity index (χ2n) is 7.62. The van der Waals surface area contributed by atoms with E-state index >= 15 is 0 Å². The number of carbonyl (C=O) groups excluding carboxylic acids is 2. The van der Waals surface area contributed by atoms with Gasteiger partial charge in [0.25, 0.3) is 11.8 Å². The fourth-order valence-electron chi connectivity index (χ4n) is 3.70. The third kappa shape index (κ3) is 5.62. The van der Waals surface area contributed by atoms with Crippen LogP contribution in [0.4, 0.5) is 0 Å². The van der Waals surface area contributed by atoms with Gasteiger partial charge in [0.15, 0.2) is 11.7 Å². The van der Waals surface area contributed by atoms with Crippen LogP contribution >= 0.6 is 0 Å². The van der Waals surface area contributed by atoms with Crippen LogP contribution in [-0.2, 0) is 13.1 Å². The summed E-state index contributed by atoms with van der Waals surface area (Å²) in [4.78, 5) is 33.2. The highest BCUT2D eigenvalue weighted by Crippen LogP contribution is 2.11. The number of hydrogen-bond acceptors (Lipinski definition) is 5. The number of piperazine rings is 1. The summed E-state index contributed by atoms with van der Waals surface area (Å²) in [6, 6.07) is 14.5. The molecule has 2 amide bonds. The van der Waals surface area contributed by atoms with E-state index in [4.69, 9.17) is 8.83 Å². The molecule has 9 heteroatoms. The topological polar surface area (TPSA) is 103 Å². The van der Waals surface area contributed by atoms with Crippen LogP contribution in [0.5, 0.6) is 0 Å². The standard InChI is InChI=1S/C24H27N5O4/c1-25-24(29-11-9-28(10-12-29)23(31)21-8-4-14-33-21)27-16-18-5-2-6-19(15-18)22(30)26-17-20-7-3-13-32-20/h2-8,13-15H,9-12,16-17H2,1H3,(H,25,27)(H,26,30). The average Bonchev–Trinajstić information content (AvgIpc) is 3.58. The Morgan fingerprint density at radius 2 is 1.67 bits per heavy atom. The van der Waals surface area contributed by atoms with Gasteiger partial charge in [-0.1, -0.05) is 12.1 Å². The molecule has 1 aromatic carbocycles. The average molecular weight is 450 g/mol. The summed E-state index contributed by atoms with van der Waals surface area (Å²) in [5.74, 6) is 1.57. The normalized spacial score (nSPS) is 14.3. The first kappa shape index (κ1) is 22.2. The SMILES string of the molecule is CN=C(NCc1cccc(C(=O)NCc2ccco2)c1)N1CCN(C(=O)c2ccco2)CC1. The van der Waals surface area contributed by atoms with Crippen molar-refractivity contribution in [2.75, 3.05) is 33.2 Å². The molecule has 172 valence electrons. The zero-order chi connectivity index (χ0) is 23.0. The molecular weight excluding hydrogens is 422 g/mol. The molecule has 0 saturated carbocycles. The van der Waals surface area contributed by atoms with E-state index in [2.05, 4.69) is 20.5 Å². The number of rotatable bonds is 6. The minimum absolute atomic E-state index is 0.0928. The third-order valence-electron chi connectivity index (χ3n) is 5.45. The number of carbonyl (C=O) groups is 2. The van der Waals surface area contributed by atoms with Crippen molar-refractivity contribution in [3.8, 4) is 0 Å². The molecule has 0 bridgehead atoms. The lowest BCUT2D eigenvalue weighted by Crippen LogP contribution is -2.53. The molecule has 2 N–H and O–H groups in total. The van der Waals surface area contributed by atoms with Gasteiger partial charge in [-0.2, -0.15) is 0 Å². The van der Waals surface area contributed by atoms with Crippen LogP contribution in [0.25, 0.3) is 0 Å². The zero-order valence-corrected chi connectivity index (χ0v) is 18.5. The molecular formula is C24H27N5O4. The molecule has 3 aromatic rings. The quantitative estimate of drug-likeness (QED) is 0.442. The maximum Gasteiger partial charge on any atom is 0.289 e. The Bertz CT molecular complexity index is 1080. The largest absolute Gasteiger partial charge is 0.467 e. The smallest absolute Gasteiger partial charge is 0.289 e. The van der Waals surface area contributed by atoms with E-state index in [0.717, 1.165) is 11.5 Å². The molecule has 2 aromatic heterocycles. The molecule has 0 unspecified atom stereocenters. The van der Waals surface area contributed by atoms with Crippen LogP contribution < -0.4 is 10.6 Å². The molecule has 33 heavy (non-hydrogen) atoms. The number of amides is 2. The van der Waals surface area contributed by atoms with Gasteiger partial charge in [-0.15, -0.1) is 0 Å². The van der Waals surface area contributed by atoms with Crippen molar-refractivity contribution in [2.24, 2.45) is 4.99 Å². The van der Waals surface area contributed by atoms with Gasteiger partial charge in [0.1, 0.15) is 5.76 Å². The second-order valence-corrected chi connectivity index (χ2v) is 7.62. The molecule has 1 saturated heterocycles. The first-order chi connectivity index (χ1) is 16.1. The molecule has 0 radical (unpaired) electrons. The van der Waals surface area contributed by atoms with Crippen molar-refractivity contribution < 1.29 is 18.4 Å². The van der Waals surface area contributed by atoms with E-state index in [1.807, 2.05) is 24.3 Å². The Balaban J connectivity index is 1.28. The first-order valence-corrected chi connectivity index (χ1v) is 10.8. The van der Waals surface area contributed by atoms with Crippen molar-refractivity contribution in [3.05, 3.63) is 83.7 Å². The summed E-state index contributed by atoms with van der Waals surface area (Å²) >= 11 is 0. The van der Waals surface area contributed by atoms with Crippen LogP contribution in [-0.4, -0.2) is 60.8 Å². The fourth-order valence-corrected chi connectivity index (χ4v) is 3.70. The Labute approximate surface area is 192 Å². The highest BCUT2D eigenvalue weighted by molar-refractivity contribution is 5.94. The number of hydrogen-bond donors (Lipinski definition) is 2. The van der Waals surface area contributed by atoms with Crippen molar-refractivity contribution in [1.82, 2.24) is 20.4 Å². The molecule has 1 aliphatic heterocycles. The van der Waals surface area contributed by atoms with E-state index < -0.39 is 0 Å². The number of furan rings is 2. The molecule has 0 aliphatic carbocycles. The van der Waals surface area contributed by atoms with Gasteiger partial charge < -0.3 is 29.3 Å². The van der Waals surface area contributed by atoms with Crippen molar-refractivity contribution >= 4 is 17.8 Å². The van der Waals surface area contributed by atoms with E-state index in [-0.39, 0.29) is 11.8 Å². The summed E-state index contributed by atoms with van der Waals surface area (Å²) in [6.45, 7) is 3.38. The summed E-state index contributed by atoms with van der Waals surface area (Å²) in [5.41, 5.74) is 1.55. The van der Waals surface area contributed by atoms with Gasteiger partial charge in [-0.05, 0) is 42.0 Å². The lowest BCUT2D eigenvalue weighted by Gasteiger charge is -2.36. The molecule has 0 spiro atoms. The second kappa shape index (κ2) is 10.5. The van der Waals surface area contributed by atoms with Crippen LogP contribution in [0.2, 0.25) is 0 Å². The van der Waals surface area contributed by atoms with Crippen LogP contribution in [0, 0.1) is 0 Å². The lowest BCUT2D eigenvalue weighted by atomic mass is 10.1. The third-order valence-corrected chi connectivity index (χ3v) is 5.45. The maximum absolute atomic E-state index is 12.5. The van der Waals surface area contributed by atoms with Crippen LogP contribution in [0.15, 0.2) is 74.9 Å². The highest BCUT2D eigenvalue weighted by atomic mass is 16.3. The lowest BCUT2D eigenvalue weighted by molar-refractivity contribution is 0.0657. The minimum Gasteiger partial charge on any atom is -0.467 e. The molecule has 3 heterocycles. The van der Waals surface area contributed by atoms with Gasteiger partial charge in [0, 0.05) is 45.3 Å². The van der Waals surface area contributed by atoms with Gasteiger partial charge in [0.2, 0.25) is 0 Å². The Kier molecular flexibility index (Phi) is 7.09. The van der Waals surface area contributed by atoms with Crippen molar-refractivity contribution in [2.45, 2.75) is 13.1 Å². The maximum atomic E-state index is 12.5. The fraction of sp³-hybridized carbons (Fsp3) is 0.292. The predicted octanol–water partition coefficient (Wildman–Crippen LogP) is 2.34. The number of guanidine groups is 1. The van der Waals surface area contributed by atoms with Gasteiger partial charge in [-0.3, -0.25) is 14.6 Å². The Morgan fingerprint density at radius 1 is 0.909 bits per heavy atom. The van der Waals surface area contributed by atoms with Gasteiger partial charge in [-0.25, -0.2) is 0 Å². The van der Waals surface area contributed by atoms with Crippen LogP contribution in [0.3, 0.4) is 0 Å². The molecule has 1 aliphatic rings. The number of nitrogens with zero attached hydrogens (tertiary/aromatic N) is 3. The monoisotopic (exact) mass is 449 g/mol.